The number of nitrogens with zero attached hydrogens (tertiary/aromatic N) is 3. The van der Waals surface area contributed by atoms with Gasteiger partial charge in [-0.2, -0.15) is 0 Å². The molecule has 1 aliphatic carbocycles. The Bertz CT molecular complexity index is 539. The zero-order chi connectivity index (χ0) is 11.1. The third-order valence-electron chi connectivity index (χ3n) is 2.59. The predicted molar refractivity (Wildman–Crippen MR) is 53.0 cm³/mol. The second kappa shape index (κ2) is 3.19. The van der Waals surface area contributed by atoms with Gasteiger partial charge in [0.2, 0.25) is 5.76 Å². The van der Waals surface area contributed by atoms with Crippen LogP contribution in [-0.2, 0) is 0 Å². The van der Waals surface area contributed by atoms with Crippen molar-refractivity contribution in [3.05, 3.63) is 24.4 Å². The standard InChI is InChI=1S/C10H9N3O3/c14-10(15)9-3-7(12-16-9)8-4-11-5-13(8)6-1-2-6/h3-6H,1-2H2,(H,14,15). The Balaban J connectivity index is 2.00. The molecular weight excluding hydrogens is 210 g/mol. The lowest BCUT2D eigenvalue weighted by atomic mass is 10.3. The van der Waals surface area contributed by atoms with Crippen LogP contribution >= 0.6 is 0 Å². The molecule has 16 heavy (non-hydrogen) atoms. The van der Waals surface area contributed by atoms with Crippen LogP contribution in [0.2, 0.25) is 0 Å². The minimum atomic E-state index is -1.11. The monoisotopic (exact) mass is 219 g/mol. The molecule has 2 heterocycles. The molecule has 0 amide bonds. The molecular formula is C10H9N3O3. The lowest BCUT2D eigenvalue weighted by Crippen LogP contribution is -1.94. The number of carbonyl (C=O) groups is 1. The normalized spacial score (nSPS) is 15.2. The Kier molecular flexibility index (Phi) is 1.82. The van der Waals surface area contributed by atoms with Gasteiger partial charge in [0, 0.05) is 12.1 Å². The first-order valence-electron chi connectivity index (χ1n) is 4.98. The molecule has 0 atom stereocenters. The zero-order valence-corrected chi connectivity index (χ0v) is 8.33. The van der Waals surface area contributed by atoms with Gasteiger partial charge in [-0.3, -0.25) is 0 Å². The molecule has 0 aromatic carbocycles. The van der Waals surface area contributed by atoms with Crippen LogP contribution in [0.3, 0.4) is 0 Å². The van der Waals surface area contributed by atoms with E-state index in [4.69, 9.17) is 9.63 Å². The van der Waals surface area contributed by atoms with Gasteiger partial charge in [-0.05, 0) is 12.8 Å². The summed E-state index contributed by atoms with van der Waals surface area (Å²) in [5.41, 5.74) is 1.32. The molecule has 0 radical (unpaired) electrons. The van der Waals surface area contributed by atoms with Gasteiger partial charge in [-0.1, -0.05) is 5.16 Å². The van der Waals surface area contributed by atoms with Gasteiger partial charge >= 0.3 is 5.97 Å². The molecule has 1 saturated carbocycles. The summed E-state index contributed by atoms with van der Waals surface area (Å²) in [5.74, 6) is -1.27. The predicted octanol–water partition coefficient (Wildman–Crippen LogP) is 1.57. The van der Waals surface area contributed by atoms with Gasteiger partial charge in [-0.25, -0.2) is 9.78 Å². The fourth-order valence-electron chi connectivity index (χ4n) is 1.64. The first kappa shape index (κ1) is 9.14. The van der Waals surface area contributed by atoms with Crippen LogP contribution in [0.15, 0.2) is 23.1 Å². The maximum atomic E-state index is 10.7. The van der Waals surface area contributed by atoms with Crippen molar-refractivity contribution in [1.82, 2.24) is 14.7 Å². The number of aromatic nitrogens is 3. The number of hydrogen-bond acceptors (Lipinski definition) is 4. The molecule has 6 nitrogen and oxygen atoms in total. The Morgan fingerprint density at radius 3 is 3.00 bits per heavy atom. The molecule has 82 valence electrons. The summed E-state index contributed by atoms with van der Waals surface area (Å²) in [6.45, 7) is 0. The van der Waals surface area contributed by atoms with E-state index in [1.165, 1.54) is 6.07 Å². The molecule has 1 aliphatic rings. The molecule has 1 N–H and O–H groups in total. The van der Waals surface area contributed by atoms with E-state index in [2.05, 4.69) is 10.1 Å². The molecule has 0 unspecified atom stereocenters. The quantitative estimate of drug-likeness (QED) is 0.847. The van der Waals surface area contributed by atoms with Gasteiger partial charge in [0.05, 0.1) is 18.2 Å². The van der Waals surface area contributed by atoms with Crippen molar-refractivity contribution in [2.45, 2.75) is 18.9 Å². The van der Waals surface area contributed by atoms with E-state index in [9.17, 15) is 4.79 Å². The average molecular weight is 219 g/mol. The lowest BCUT2D eigenvalue weighted by molar-refractivity contribution is 0.0652. The van der Waals surface area contributed by atoms with Crippen molar-refractivity contribution < 1.29 is 14.4 Å². The SMILES string of the molecule is O=C(O)c1cc(-c2cncn2C2CC2)no1. The number of carboxylic acid groups (broad SMARTS) is 1. The third-order valence-corrected chi connectivity index (χ3v) is 2.59. The Hall–Kier alpha value is -2.11. The molecule has 2 aromatic heterocycles. The number of carboxylic acids is 1. The zero-order valence-electron chi connectivity index (χ0n) is 8.33. The first-order valence-corrected chi connectivity index (χ1v) is 4.98. The summed E-state index contributed by atoms with van der Waals surface area (Å²) in [6, 6.07) is 1.89. The Morgan fingerprint density at radius 1 is 1.56 bits per heavy atom. The highest BCUT2D eigenvalue weighted by atomic mass is 16.5. The van der Waals surface area contributed by atoms with Crippen LogP contribution in [0.5, 0.6) is 0 Å². The van der Waals surface area contributed by atoms with Crippen molar-refractivity contribution in [3.63, 3.8) is 0 Å². The maximum Gasteiger partial charge on any atom is 0.374 e. The van der Waals surface area contributed by atoms with Crippen molar-refractivity contribution in [2.75, 3.05) is 0 Å². The van der Waals surface area contributed by atoms with Gasteiger partial charge in [-0.15, -0.1) is 0 Å². The van der Waals surface area contributed by atoms with E-state index in [1.807, 2.05) is 4.57 Å². The van der Waals surface area contributed by atoms with Gasteiger partial charge in [0.15, 0.2) is 0 Å². The summed E-state index contributed by atoms with van der Waals surface area (Å²) in [5, 5.41) is 12.5. The Morgan fingerprint density at radius 2 is 2.38 bits per heavy atom. The smallest absolute Gasteiger partial charge is 0.374 e. The van der Waals surface area contributed by atoms with Crippen LogP contribution in [0.25, 0.3) is 11.4 Å². The molecule has 1 fully saturated rings. The molecule has 0 saturated heterocycles. The topological polar surface area (TPSA) is 81.1 Å². The van der Waals surface area contributed by atoms with Gasteiger partial charge in [0.1, 0.15) is 5.69 Å². The first-order chi connectivity index (χ1) is 7.75. The molecule has 0 aliphatic heterocycles. The molecule has 6 heteroatoms. The second-order valence-corrected chi connectivity index (χ2v) is 3.80. The highest BCUT2D eigenvalue weighted by molar-refractivity contribution is 5.85. The minimum Gasteiger partial charge on any atom is -0.475 e. The number of hydrogen-bond donors (Lipinski definition) is 1. The van der Waals surface area contributed by atoms with Crippen molar-refractivity contribution in [2.24, 2.45) is 0 Å². The Labute approximate surface area is 90.5 Å². The largest absolute Gasteiger partial charge is 0.475 e. The maximum absolute atomic E-state index is 10.7. The van der Waals surface area contributed by atoms with E-state index >= 15 is 0 Å². The minimum absolute atomic E-state index is 0.154. The molecule has 0 bridgehead atoms. The van der Waals surface area contributed by atoms with Crippen LogP contribution in [0.1, 0.15) is 29.4 Å². The second-order valence-electron chi connectivity index (χ2n) is 3.80. The van der Waals surface area contributed by atoms with Crippen molar-refractivity contribution in [3.8, 4) is 11.4 Å². The fraction of sp³-hybridized carbons (Fsp3) is 0.300. The van der Waals surface area contributed by atoms with Crippen LogP contribution < -0.4 is 0 Å². The third kappa shape index (κ3) is 1.39. The summed E-state index contributed by atoms with van der Waals surface area (Å²) in [7, 11) is 0. The molecule has 2 aromatic rings. The summed E-state index contributed by atoms with van der Waals surface area (Å²) in [4.78, 5) is 14.7. The van der Waals surface area contributed by atoms with Gasteiger partial charge < -0.3 is 14.2 Å². The number of imidazole rings is 1. The van der Waals surface area contributed by atoms with Crippen molar-refractivity contribution in [1.29, 1.82) is 0 Å². The van der Waals surface area contributed by atoms with Crippen LogP contribution in [0, 0.1) is 0 Å². The summed E-state index contributed by atoms with van der Waals surface area (Å²) in [6.07, 6.45) is 5.67. The van der Waals surface area contributed by atoms with E-state index in [0.717, 1.165) is 18.5 Å². The lowest BCUT2D eigenvalue weighted by Gasteiger charge is -2.01. The highest BCUT2D eigenvalue weighted by Crippen LogP contribution is 2.37. The molecule has 0 spiro atoms. The number of rotatable bonds is 3. The summed E-state index contributed by atoms with van der Waals surface area (Å²) >= 11 is 0. The van der Waals surface area contributed by atoms with E-state index < -0.39 is 5.97 Å². The molecule has 3 rings (SSSR count). The van der Waals surface area contributed by atoms with E-state index in [-0.39, 0.29) is 5.76 Å². The van der Waals surface area contributed by atoms with Crippen LogP contribution in [0.4, 0.5) is 0 Å². The van der Waals surface area contributed by atoms with E-state index in [0.29, 0.717) is 11.7 Å². The average Bonchev–Trinajstić information content (AvgIpc) is 2.83. The van der Waals surface area contributed by atoms with Crippen LogP contribution in [-0.4, -0.2) is 25.8 Å². The highest BCUT2D eigenvalue weighted by Gasteiger charge is 2.26. The van der Waals surface area contributed by atoms with Crippen molar-refractivity contribution >= 4 is 5.97 Å². The number of aromatic carboxylic acids is 1. The fourth-order valence-corrected chi connectivity index (χ4v) is 1.64. The van der Waals surface area contributed by atoms with E-state index in [1.54, 1.807) is 12.5 Å². The summed E-state index contributed by atoms with van der Waals surface area (Å²) < 4.78 is 6.72. The van der Waals surface area contributed by atoms with Gasteiger partial charge in [0.25, 0.3) is 0 Å².